The Kier molecular flexibility index (Phi) is 4.87. The fourth-order valence-electron chi connectivity index (χ4n) is 3.79. The van der Waals surface area contributed by atoms with E-state index in [9.17, 15) is 13.2 Å². The smallest absolute Gasteiger partial charge is 0.251 e. The van der Waals surface area contributed by atoms with Crippen molar-refractivity contribution in [3.63, 3.8) is 0 Å². The number of fused-ring (bicyclic) bond motifs is 3. The van der Waals surface area contributed by atoms with E-state index in [0.717, 1.165) is 18.4 Å². The largest absolute Gasteiger partial charge is 0.338 e. The highest BCUT2D eigenvalue weighted by atomic mass is 32.2. The molecule has 1 fully saturated rings. The number of sulfonamides is 1. The van der Waals surface area contributed by atoms with Crippen molar-refractivity contribution in [3.8, 4) is 0 Å². The van der Waals surface area contributed by atoms with E-state index in [0.29, 0.717) is 35.2 Å². The van der Waals surface area contributed by atoms with Crippen LogP contribution in [-0.2, 0) is 21.2 Å². The first kappa shape index (κ1) is 19.6. The Morgan fingerprint density at radius 3 is 2.61 bits per heavy atom. The molecule has 0 aliphatic carbocycles. The third-order valence-electron chi connectivity index (χ3n) is 5.35. The summed E-state index contributed by atoms with van der Waals surface area (Å²) in [5, 5.41) is 11.5. The zero-order valence-electron chi connectivity index (χ0n) is 16.6. The van der Waals surface area contributed by atoms with Gasteiger partial charge >= 0.3 is 0 Å². The molecule has 1 aliphatic rings. The molecule has 0 saturated carbocycles. The summed E-state index contributed by atoms with van der Waals surface area (Å²) in [6.45, 7) is 1.09. The van der Waals surface area contributed by atoms with Gasteiger partial charge in [0.15, 0.2) is 5.65 Å². The molecule has 0 spiro atoms. The number of benzene rings is 2. The van der Waals surface area contributed by atoms with Gasteiger partial charge in [0.25, 0.3) is 5.95 Å². The summed E-state index contributed by atoms with van der Waals surface area (Å²) in [4.78, 5) is 20.0. The lowest BCUT2D eigenvalue weighted by Crippen LogP contribution is -2.27. The minimum absolute atomic E-state index is 0.0879. The SMILES string of the molecule is O=C(Cc1ccccc1)Nc1nnc2c(n1)[nH]c1ccc(S(=O)(=O)N3CCCC3)cc12. The predicted molar refractivity (Wildman–Crippen MR) is 116 cm³/mol. The summed E-state index contributed by atoms with van der Waals surface area (Å²) < 4.78 is 27.3. The van der Waals surface area contributed by atoms with Gasteiger partial charge in [-0.15, -0.1) is 10.2 Å². The van der Waals surface area contributed by atoms with Crippen molar-refractivity contribution >= 4 is 43.9 Å². The van der Waals surface area contributed by atoms with Gasteiger partial charge in [-0.1, -0.05) is 30.3 Å². The van der Waals surface area contributed by atoms with E-state index >= 15 is 0 Å². The molecule has 9 nitrogen and oxygen atoms in total. The standard InChI is InChI=1S/C21H20N6O3S/c28-18(12-14-6-2-1-3-7-14)23-21-24-20-19(25-26-21)16-13-15(8-9-17(16)22-20)31(29,30)27-10-4-5-11-27/h1-3,6-9,13H,4-5,10-12H2,(H2,22,23,24,26,28). The topological polar surface area (TPSA) is 121 Å². The van der Waals surface area contributed by atoms with Crippen LogP contribution in [0.1, 0.15) is 18.4 Å². The van der Waals surface area contributed by atoms with Crippen molar-refractivity contribution in [2.24, 2.45) is 0 Å². The number of carbonyl (C=O) groups excluding carboxylic acids is 1. The Balaban J connectivity index is 1.43. The number of hydrogen-bond donors (Lipinski definition) is 2. The van der Waals surface area contributed by atoms with E-state index < -0.39 is 10.0 Å². The molecule has 0 unspecified atom stereocenters. The zero-order valence-corrected chi connectivity index (χ0v) is 17.4. The summed E-state index contributed by atoms with van der Waals surface area (Å²) in [7, 11) is -3.54. The molecule has 3 heterocycles. The molecule has 5 rings (SSSR count). The van der Waals surface area contributed by atoms with Crippen molar-refractivity contribution in [3.05, 3.63) is 54.1 Å². The van der Waals surface area contributed by atoms with Gasteiger partial charge < -0.3 is 4.98 Å². The maximum atomic E-state index is 12.9. The first-order valence-electron chi connectivity index (χ1n) is 10.0. The maximum absolute atomic E-state index is 12.9. The van der Waals surface area contributed by atoms with Gasteiger partial charge in [-0.2, -0.15) is 9.29 Å². The molecule has 0 bridgehead atoms. The highest BCUT2D eigenvalue weighted by molar-refractivity contribution is 7.89. The molecular formula is C21H20N6O3S. The lowest BCUT2D eigenvalue weighted by Gasteiger charge is -2.15. The number of H-pyrrole nitrogens is 1. The second-order valence-corrected chi connectivity index (χ2v) is 9.42. The van der Waals surface area contributed by atoms with Crippen molar-refractivity contribution in [2.45, 2.75) is 24.2 Å². The van der Waals surface area contributed by atoms with Gasteiger partial charge in [0.2, 0.25) is 15.9 Å². The predicted octanol–water partition coefficient (Wildman–Crippen LogP) is 2.47. The molecular weight excluding hydrogens is 416 g/mol. The highest BCUT2D eigenvalue weighted by Gasteiger charge is 2.27. The van der Waals surface area contributed by atoms with Crippen LogP contribution >= 0.6 is 0 Å². The Hall–Kier alpha value is -3.37. The average Bonchev–Trinajstić information content (AvgIpc) is 3.42. The average molecular weight is 436 g/mol. The van der Waals surface area contributed by atoms with E-state index in [2.05, 4.69) is 25.5 Å². The van der Waals surface area contributed by atoms with Crippen molar-refractivity contribution < 1.29 is 13.2 Å². The molecule has 0 radical (unpaired) electrons. The Morgan fingerprint density at radius 1 is 1.06 bits per heavy atom. The van der Waals surface area contributed by atoms with E-state index in [1.165, 1.54) is 4.31 Å². The molecule has 4 aromatic rings. The second-order valence-electron chi connectivity index (χ2n) is 7.49. The quantitative estimate of drug-likeness (QED) is 0.496. The molecule has 2 N–H and O–H groups in total. The molecule has 158 valence electrons. The third-order valence-corrected chi connectivity index (χ3v) is 7.24. The van der Waals surface area contributed by atoms with Gasteiger partial charge in [-0.05, 0) is 36.6 Å². The maximum Gasteiger partial charge on any atom is 0.251 e. The lowest BCUT2D eigenvalue weighted by molar-refractivity contribution is -0.115. The number of rotatable bonds is 5. The molecule has 1 aliphatic heterocycles. The van der Waals surface area contributed by atoms with E-state index in [4.69, 9.17) is 0 Å². The van der Waals surface area contributed by atoms with Crippen LogP contribution in [0.3, 0.4) is 0 Å². The first-order chi connectivity index (χ1) is 15.0. The first-order valence-corrected chi connectivity index (χ1v) is 11.4. The third kappa shape index (κ3) is 3.75. The van der Waals surface area contributed by atoms with Crippen LogP contribution in [0.25, 0.3) is 22.1 Å². The fraction of sp³-hybridized carbons (Fsp3) is 0.238. The van der Waals surface area contributed by atoms with Crippen LogP contribution in [0.15, 0.2) is 53.4 Å². The van der Waals surface area contributed by atoms with Crippen LogP contribution in [0.2, 0.25) is 0 Å². The van der Waals surface area contributed by atoms with Crippen molar-refractivity contribution in [1.29, 1.82) is 0 Å². The van der Waals surface area contributed by atoms with E-state index in [1.54, 1.807) is 18.2 Å². The Bertz CT molecular complexity index is 1380. The summed E-state index contributed by atoms with van der Waals surface area (Å²) in [5.74, 6) is -0.160. The second kappa shape index (κ2) is 7.71. The fourth-order valence-corrected chi connectivity index (χ4v) is 5.34. The number of carbonyl (C=O) groups is 1. The van der Waals surface area contributed by atoms with Crippen LogP contribution in [0.4, 0.5) is 5.95 Å². The molecule has 0 atom stereocenters. The van der Waals surface area contributed by atoms with Crippen LogP contribution in [0, 0.1) is 0 Å². The summed E-state index contributed by atoms with van der Waals surface area (Å²) in [6, 6.07) is 14.3. The normalized spacial score (nSPS) is 15.0. The number of nitrogens with one attached hydrogen (secondary N) is 2. The lowest BCUT2D eigenvalue weighted by atomic mass is 10.1. The summed E-state index contributed by atoms with van der Waals surface area (Å²) in [5.41, 5.74) is 2.46. The number of nitrogens with zero attached hydrogens (tertiary/aromatic N) is 4. The molecule has 10 heteroatoms. The zero-order chi connectivity index (χ0) is 21.4. The van der Waals surface area contributed by atoms with Crippen LogP contribution in [0.5, 0.6) is 0 Å². The van der Waals surface area contributed by atoms with E-state index in [1.807, 2.05) is 30.3 Å². The van der Waals surface area contributed by atoms with E-state index in [-0.39, 0.29) is 23.2 Å². The Morgan fingerprint density at radius 2 is 1.84 bits per heavy atom. The molecule has 2 aromatic carbocycles. The number of aromatic amines is 1. The van der Waals surface area contributed by atoms with Crippen molar-refractivity contribution in [2.75, 3.05) is 18.4 Å². The minimum Gasteiger partial charge on any atom is -0.338 e. The highest BCUT2D eigenvalue weighted by Crippen LogP contribution is 2.28. The number of aromatic nitrogens is 4. The Labute approximate surface area is 178 Å². The number of amides is 1. The van der Waals surface area contributed by atoms with Gasteiger partial charge in [-0.3, -0.25) is 10.1 Å². The monoisotopic (exact) mass is 436 g/mol. The number of hydrogen-bond acceptors (Lipinski definition) is 6. The van der Waals surface area contributed by atoms with Gasteiger partial charge in [0, 0.05) is 24.0 Å². The molecule has 1 amide bonds. The van der Waals surface area contributed by atoms with Crippen LogP contribution < -0.4 is 5.32 Å². The van der Waals surface area contributed by atoms with Gasteiger partial charge in [-0.25, -0.2) is 8.42 Å². The summed E-state index contributed by atoms with van der Waals surface area (Å²) in [6.07, 6.45) is 1.96. The van der Waals surface area contributed by atoms with Gasteiger partial charge in [0.05, 0.1) is 11.3 Å². The van der Waals surface area contributed by atoms with Gasteiger partial charge in [0.1, 0.15) is 5.52 Å². The van der Waals surface area contributed by atoms with Crippen LogP contribution in [-0.4, -0.2) is 51.9 Å². The number of anilines is 1. The summed E-state index contributed by atoms with van der Waals surface area (Å²) >= 11 is 0. The molecule has 2 aromatic heterocycles. The minimum atomic E-state index is -3.54. The molecule has 31 heavy (non-hydrogen) atoms. The molecule has 1 saturated heterocycles. The van der Waals surface area contributed by atoms with Crippen molar-refractivity contribution in [1.82, 2.24) is 24.5 Å².